The lowest BCUT2D eigenvalue weighted by Crippen LogP contribution is -2.30. The maximum atomic E-state index is 5.36. The summed E-state index contributed by atoms with van der Waals surface area (Å²) in [5.74, 6) is 1.62. The molecule has 4 nitrogen and oxygen atoms in total. The monoisotopic (exact) mass is 253 g/mol. The summed E-state index contributed by atoms with van der Waals surface area (Å²) in [6.07, 6.45) is 0. The predicted octanol–water partition coefficient (Wildman–Crippen LogP) is 2.22. The lowest BCUT2D eigenvalue weighted by atomic mass is 10.2. The largest absolute Gasteiger partial charge is 0.497 e. The fourth-order valence-electron chi connectivity index (χ4n) is 1.61. The van der Waals surface area contributed by atoms with Crippen LogP contribution in [0.15, 0.2) is 18.2 Å². The van der Waals surface area contributed by atoms with Crippen molar-refractivity contribution in [2.75, 3.05) is 27.4 Å². The van der Waals surface area contributed by atoms with Crippen molar-refractivity contribution < 1.29 is 14.2 Å². The Labute approximate surface area is 109 Å². The van der Waals surface area contributed by atoms with Gasteiger partial charge in [0.05, 0.1) is 20.8 Å². The SMILES string of the molecule is CCOCC(C)NCc1cc(OC)cc(OC)c1. The van der Waals surface area contributed by atoms with Crippen molar-refractivity contribution in [2.24, 2.45) is 0 Å². The molecule has 0 radical (unpaired) electrons. The van der Waals surface area contributed by atoms with E-state index in [9.17, 15) is 0 Å². The zero-order valence-electron chi connectivity index (χ0n) is 11.7. The lowest BCUT2D eigenvalue weighted by molar-refractivity contribution is 0.127. The molecule has 0 heterocycles. The molecule has 1 atom stereocenters. The highest BCUT2D eigenvalue weighted by Crippen LogP contribution is 2.22. The second-order valence-corrected chi connectivity index (χ2v) is 4.16. The van der Waals surface area contributed by atoms with Crippen LogP contribution < -0.4 is 14.8 Å². The zero-order valence-corrected chi connectivity index (χ0v) is 11.7. The van der Waals surface area contributed by atoms with E-state index in [-0.39, 0.29) is 0 Å². The number of benzene rings is 1. The first-order valence-electron chi connectivity index (χ1n) is 6.22. The Hall–Kier alpha value is -1.26. The molecule has 102 valence electrons. The van der Waals surface area contributed by atoms with Gasteiger partial charge in [0.2, 0.25) is 0 Å². The second kappa shape index (κ2) is 7.95. The molecule has 1 aromatic rings. The summed E-state index contributed by atoms with van der Waals surface area (Å²) in [6.45, 7) is 6.34. The molecule has 18 heavy (non-hydrogen) atoms. The highest BCUT2D eigenvalue weighted by molar-refractivity contribution is 5.38. The van der Waals surface area contributed by atoms with Gasteiger partial charge >= 0.3 is 0 Å². The van der Waals surface area contributed by atoms with Crippen LogP contribution >= 0.6 is 0 Å². The molecule has 1 aromatic carbocycles. The molecule has 0 saturated heterocycles. The standard InChI is InChI=1S/C14H23NO3/c1-5-18-10-11(2)15-9-12-6-13(16-3)8-14(7-12)17-4/h6-8,11,15H,5,9-10H2,1-4H3. The van der Waals surface area contributed by atoms with Crippen LogP contribution in [-0.4, -0.2) is 33.5 Å². The lowest BCUT2D eigenvalue weighted by Gasteiger charge is -2.14. The van der Waals surface area contributed by atoms with Gasteiger partial charge in [-0.1, -0.05) is 0 Å². The number of ether oxygens (including phenoxy) is 3. The van der Waals surface area contributed by atoms with Crippen LogP contribution in [0.2, 0.25) is 0 Å². The topological polar surface area (TPSA) is 39.7 Å². The van der Waals surface area contributed by atoms with Crippen LogP contribution in [0.5, 0.6) is 11.5 Å². The van der Waals surface area contributed by atoms with E-state index in [1.54, 1.807) is 14.2 Å². The average molecular weight is 253 g/mol. The van der Waals surface area contributed by atoms with Gasteiger partial charge in [0, 0.05) is 25.3 Å². The van der Waals surface area contributed by atoms with Crippen LogP contribution in [0.3, 0.4) is 0 Å². The second-order valence-electron chi connectivity index (χ2n) is 4.16. The molecule has 1 rings (SSSR count). The molecule has 0 aliphatic carbocycles. The van der Waals surface area contributed by atoms with Crippen molar-refractivity contribution in [1.29, 1.82) is 0 Å². The van der Waals surface area contributed by atoms with E-state index in [4.69, 9.17) is 14.2 Å². The average Bonchev–Trinajstić information content (AvgIpc) is 2.42. The van der Waals surface area contributed by atoms with Gasteiger partial charge in [-0.05, 0) is 31.5 Å². The van der Waals surface area contributed by atoms with Gasteiger partial charge in [0.15, 0.2) is 0 Å². The Morgan fingerprint density at radius 3 is 2.22 bits per heavy atom. The third-order valence-electron chi connectivity index (χ3n) is 2.64. The first-order valence-corrected chi connectivity index (χ1v) is 6.22. The Balaban J connectivity index is 2.55. The molecule has 1 N–H and O–H groups in total. The minimum Gasteiger partial charge on any atom is -0.497 e. The van der Waals surface area contributed by atoms with Crippen molar-refractivity contribution >= 4 is 0 Å². The van der Waals surface area contributed by atoms with Gasteiger partial charge in [-0.3, -0.25) is 0 Å². The molecule has 0 amide bonds. The van der Waals surface area contributed by atoms with Gasteiger partial charge in [-0.2, -0.15) is 0 Å². The van der Waals surface area contributed by atoms with E-state index in [2.05, 4.69) is 12.2 Å². The summed E-state index contributed by atoms with van der Waals surface area (Å²) in [5.41, 5.74) is 1.13. The number of nitrogens with one attached hydrogen (secondary N) is 1. The molecular weight excluding hydrogens is 230 g/mol. The predicted molar refractivity (Wildman–Crippen MR) is 72.3 cm³/mol. The molecule has 0 fully saturated rings. The fraction of sp³-hybridized carbons (Fsp3) is 0.571. The smallest absolute Gasteiger partial charge is 0.122 e. The molecule has 0 spiro atoms. The molecule has 1 unspecified atom stereocenters. The van der Waals surface area contributed by atoms with Crippen LogP contribution in [0.4, 0.5) is 0 Å². The quantitative estimate of drug-likeness (QED) is 0.771. The van der Waals surface area contributed by atoms with Gasteiger partial charge in [0.1, 0.15) is 11.5 Å². The Bertz CT molecular complexity index is 333. The summed E-state index contributed by atoms with van der Waals surface area (Å²) in [7, 11) is 3.31. The van der Waals surface area contributed by atoms with Crippen LogP contribution in [0, 0.1) is 0 Å². The summed E-state index contributed by atoms with van der Waals surface area (Å²) in [6, 6.07) is 6.20. The summed E-state index contributed by atoms with van der Waals surface area (Å²) in [4.78, 5) is 0. The van der Waals surface area contributed by atoms with E-state index in [1.165, 1.54) is 0 Å². The summed E-state index contributed by atoms with van der Waals surface area (Å²) < 4.78 is 15.8. The fourth-order valence-corrected chi connectivity index (χ4v) is 1.61. The molecule has 0 aliphatic rings. The zero-order chi connectivity index (χ0) is 13.4. The van der Waals surface area contributed by atoms with Crippen molar-refractivity contribution in [3.05, 3.63) is 23.8 Å². The van der Waals surface area contributed by atoms with Crippen molar-refractivity contribution in [3.63, 3.8) is 0 Å². The minimum atomic E-state index is 0.321. The molecule has 0 aromatic heterocycles. The van der Waals surface area contributed by atoms with Crippen LogP contribution in [0.25, 0.3) is 0 Å². The molecule has 0 saturated carbocycles. The first kappa shape index (κ1) is 14.8. The summed E-state index contributed by atoms with van der Waals surface area (Å²) >= 11 is 0. The van der Waals surface area contributed by atoms with E-state index in [0.29, 0.717) is 6.04 Å². The van der Waals surface area contributed by atoms with E-state index in [1.807, 2.05) is 25.1 Å². The number of methoxy groups -OCH3 is 2. The molecule has 0 bridgehead atoms. The highest BCUT2D eigenvalue weighted by atomic mass is 16.5. The maximum Gasteiger partial charge on any atom is 0.122 e. The number of hydrogen-bond donors (Lipinski definition) is 1. The highest BCUT2D eigenvalue weighted by Gasteiger charge is 2.04. The third-order valence-corrected chi connectivity index (χ3v) is 2.64. The Morgan fingerprint density at radius 2 is 1.72 bits per heavy atom. The van der Waals surface area contributed by atoms with Gasteiger partial charge in [-0.25, -0.2) is 0 Å². The minimum absolute atomic E-state index is 0.321. The van der Waals surface area contributed by atoms with Crippen molar-refractivity contribution in [1.82, 2.24) is 5.32 Å². The summed E-state index contributed by atoms with van der Waals surface area (Å²) in [5, 5.41) is 3.40. The maximum absolute atomic E-state index is 5.36. The molecule has 4 heteroatoms. The van der Waals surface area contributed by atoms with E-state index >= 15 is 0 Å². The molecular formula is C14H23NO3. The van der Waals surface area contributed by atoms with Gasteiger partial charge < -0.3 is 19.5 Å². The van der Waals surface area contributed by atoms with Crippen molar-refractivity contribution in [3.8, 4) is 11.5 Å². The third kappa shape index (κ3) is 4.94. The normalized spacial score (nSPS) is 12.2. The first-order chi connectivity index (χ1) is 8.69. The number of hydrogen-bond acceptors (Lipinski definition) is 4. The van der Waals surface area contributed by atoms with Gasteiger partial charge in [0.25, 0.3) is 0 Å². The van der Waals surface area contributed by atoms with E-state index in [0.717, 1.165) is 36.8 Å². The van der Waals surface area contributed by atoms with Crippen LogP contribution in [0.1, 0.15) is 19.4 Å². The van der Waals surface area contributed by atoms with E-state index < -0.39 is 0 Å². The number of rotatable bonds is 8. The Kier molecular flexibility index (Phi) is 6.54. The van der Waals surface area contributed by atoms with Gasteiger partial charge in [-0.15, -0.1) is 0 Å². The van der Waals surface area contributed by atoms with Crippen molar-refractivity contribution in [2.45, 2.75) is 26.4 Å². The molecule has 0 aliphatic heterocycles. The van der Waals surface area contributed by atoms with Crippen LogP contribution in [-0.2, 0) is 11.3 Å². The Morgan fingerprint density at radius 1 is 1.11 bits per heavy atom.